The van der Waals surface area contributed by atoms with Crippen molar-refractivity contribution in [3.63, 3.8) is 0 Å². The van der Waals surface area contributed by atoms with Crippen LogP contribution in [0.25, 0.3) is 0 Å². The van der Waals surface area contributed by atoms with Crippen LogP contribution in [0.3, 0.4) is 0 Å². The summed E-state index contributed by atoms with van der Waals surface area (Å²) in [5.74, 6) is -0.188. The van der Waals surface area contributed by atoms with Gasteiger partial charge in [0, 0.05) is 5.69 Å². The molecule has 1 unspecified atom stereocenters. The average Bonchev–Trinajstić information content (AvgIpc) is 2.39. The van der Waals surface area contributed by atoms with Crippen molar-refractivity contribution in [3.05, 3.63) is 29.8 Å². The SMILES string of the molecule is CCCCCC(Nc1ccc(C)cc1)C(=O)OC. The van der Waals surface area contributed by atoms with E-state index in [4.69, 9.17) is 4.74 Å². The maximum Gasteiger partial charge on any atom is 0.328 e. The minimum Gasteiger partial charge on any atom is -0.467 e. The summed E-state index contributed by atoms with van der Waals surface area (Å²) in [6, 6.07) is 7.80. The second kappa shape index (κ2) is 7.75. The first-order valence-electron chi connectivity index (χ1n) is 6.58. The number of carbonyl (C=O) groups excluding carboxylic acids is 1. The minimum absolute atomic E-state index is 0.188. The van der Waals surface area contributed by atoms with Gasteiger partial charge in [-0.15, -0.1) is 0 Å². The molecule has 0 saturated carbocycles. The largest absolute Gasteiger partial charge is 0.467 e. The zero-order chi connectivity index (χ0) is 13.4. The highest BCUT2D eigenvalue weighted by atomic mass is 16.5. The lowest BCUT2D eigenvalue weighted by Gasteiger charge is -2.17. The molecule has 0 bridgehead atoms. The number of aryl methyl sites for hydroxylation is 1. The van der Waals surface area contributed by atoms with E-state index in [1.807, 2.05) is 31.2 Å². The molecule has 0 aliphatic carbocycles. The van der Waals surface area contributed by atoms with Crippen LogP contribution < -0.4 is 5.32 Å². The highest BCUT2D eigenvalue weighted by molar-refractivity contribution is 5.79. The zero-order valence-electron chi connectivity index (χ0n) is 11.5. The molecule has 0 heterocycles. The van der Waals surface area contributed by atoms with Crippen molar-refractivity contribution in [2.75, 3.05) is 12.4 Å². The highest BCUT2D eigenvalue weighted by Crippen LogP contribution is 2.14. The second-order valence-electron chi connectivity index (χ2n) is 4.58. The molecule has 0 amide bonds. The smallest absolute Gasteiger partial charge is 0.328 e. The Labute approximate surface area is 110 Å². The summed E-state index contributed by atoms with van der Waals surface area (Å²) >= 11 is 0. The summed E-state index contributed by atoms with van der Waals surface area (Å²) in [6.07, 6.45) is 4.14. The summed E-state index contributed by atoms with van der Waals surface area (Å²) in [5.41, 5.74) is 2.17. The molecule has 0 saturated heterocycles. The molecule has 18 heavy (non-hydrogen) atoms. The number of benzene rings is 1. The van der Waals surface area contributed by atoms with Crippen LogP contribution in [0.15, 0.2) is 24.3 Å². The molecular weight excluding hydrogens is 226 g/mol. The predicted octanol–water partition coefficient (Wildman–Crippen LogP) is 3.53. The lowest BCUT2D eigenvalue weighted by molar-refractivity contribution is -0.141. The van der Waals surface area contributed by atoms with Crippen molar-refractivity contribution in [1.82, 2.24) is 0 Å². The molecular formula is C15H23NO2. The van der Waals surface area contributed by atoms with Crippen LogP contribution in [0.5, 0.6) is 0 Å². The number of carbonyl (C=O) groups is 1. The van der Waals surface area contributed by atoms with Crippen molar-refractivity contribution in [2.24, 2.45) is 0 Å². The Balaban J connectivity index is 2.59. The zero-order valence-corrected chi connectivity index (χ0v) is 11.5. The molecule has 1 rings (SSSR count). The van der Waals surface area contributed by atoms with E-state index in [9.17, 15) is 4.79 Å². The lowest BCUT2D eigenvalue weighted by atomic mass is 10.1. The Morgan fingerprint density at radius 3 is 2.50 bits per heavy atom. The average molecular weight is 249 g/mol. The van der Waals surface area contributed by atoms with E-state index in [0.29, 0.717) is 0 Å². The molecule has 1 aromatic rings. The Bertz CT molecular complexity index is 359. The minimum atomic E-state index is -0.246. The van der Waals surface area contributed by atoms with Gasteiger partial charge in [0.15, 0.2) is 0 Å². The predicted molar refractivity (Wildman–Crippen MR) is 74.7 cm³/mol. The fraction of sp³-hybridized carbons (Fsp3) is 0.533. The van der Waals surface area contributed by atoms with Gasteiger partial charge in [-0.3, -0.25) is 0 Å². The molecule has 1 aromatic carbocycles. The van der Waals surface area contributed by atoms with Crippen LogP contribution in [0, 0.1) is 6.92 Å². The molecule has 100 valence electrons. The van der Waals surface area contributed by atoms with Crippen molar-refractivity contribution < 1.29 is 9.53 Å². The van der Waals surface area contributed by atoms with Gasteiger partial charge in [0.05, 0.1) is 7.11 Å². The number of unbranched alkanes of at least 4 members (excludes halogenated alkanes) is 2. The van der Waals surface area contributed by atoms with E-state index in [-0.39, 0.29) is 12.0 Å². The van der Waals surface area contributed by atoms with E-state index in [2.05, 4.69) is 12.2 Å². The van der Waals surface area contributed by atoms with Gasteiger partial charge >= 0.3 is 5.97 Å². The normalized spacial score (nSPS) is 11.9. The Morgan fingerprint density at radius 2 is 1.94 bits per heavy atom. The molecule has 3 nitrogen and oxygen atoms in total. The topological polar surface area (TPSA) is 38.3 Å². The third kappa shape index (κ3) is 4.78. The fourth-order valence-electron chi connectivity index (χ4n) is 1.84. The molecule has 1 N–H and O–H groups in total. The summed E-state index contributed by atoms with van der Waals surface area (Å²) in [7, 11) is 1.44. The molecule has 3 heteroatoms. The number of nitrogens with one attached hydrogen (secondary N) is 1. The molecule has 0 radical (unpaired) electrons. The van der Waals surface area contributed by atoms with Crippen molar-refractivity contribution in [1.29, 1.82) is 0 Å². The highest BCUT2D eigenvalue weighted by Gasteiger charge is 2.18. The number of hydrogen-bond donors (Lipinski definition) is 1. The van der Waals surface area contributed by atoms with Crippen LogP contribution in [-0.4, -0.2) is 19.1 Å². The van der Waals surface area contributed by atoms with Crippen LogP contribution >= 0.6 is 0 Å². The van der Waals surface area contributed by atoms with Gasteiger partial charge in [0.1, 0.15) is 6.04 Å². The van der Waals surface area contributed by atoms with Gasteiger partial charge in [0.2, 0.25) is 0 Å². The van der Waals surface area contributed by atoms with Gasteiger partial charge in [-0.1, -0.05) is 43.9 Å². The second-order valence-corrected chi connectivity index (χ2v) is 4.58. The molecule has 0 aromatic heterocycles. The van der Waals surface area contributed by atoms with Gasteiger partial charge in [-0.05, 0) is 25.5 Å². The first kappa shape index (κ1) is 14.6. The van der Waals surface area contributed by atoms with Crippen molar-refractivity contribution in [3.8, 4) is 0 Å². The Kier molecular flexibility index (Phi) is 6.26. The van der Waals surface area contributed by atoms with Crippen LogP contribution in [0.4, 0.5) is 5.69 Å². The number of anilines is 1. The summed E-state index contributed by atoms with van der Waals surface area (Å²) in [6.45, 7) is 4.20. The van der Waals surface area contributed by atoms with Gasteiger partial charge in [-0.25, -0.2) is 4.79 Å². The van der Waals surface area contributed by atoms with E-state index in [1.165, 1.54) is 12.7 Å². The van der Waals surface area contributed by atoms with E-state index in [1.54, 1.807) is 0 Å². The van der Waals surface area contributed by atoms with E-state index >= 15 is 0 Å². The van der Waals surface area contributed by atoms with Crippen molar-refractivity contribution in [2.45, 2.75) is 45.6 Å². The van der Waals surface area contributed by atoms with Gasteiger partial charge in [-0.2, -0.15) is 0 Å². The van der Waals surface area contributed by atoms with E-state index in [0.717, 1.165) is 31.4 Å². The number of rotatable bonds is 7. The summed E-state index contributed by atoms with van der Waals surface area (Å²) in [4.78, 5) is 11.7. The van der Waals surface area contributed by atoms with E-state index < -0.39 is 0 Å². The van der Waals surface area contributed by atoms with Crippen LogP contribution in [0.2, 0.25) is 0 Å². The number of hydrogen-bond acceptors (Lipinski definition) is 3. The number of methoxy groups -OCH3 is 1. The fourth-order valence-corrected chi connectivity index (χ4v) is 1.84. The van der Waals surface area contributed by atoms with Crippen LogP contribution in [-0.2, 0) is 9.53 Å². The standard InChI is InChI=1S/C15H23NO2/c1-4-5-6-7-14(15(17)18-3)16-13-10-8-12(2)9-11-13/h8-11,14,16H,4-7H2,1-3H3. The third-order valence-corrected chi connectivity index (χ3v) is 2.97. The Morgan fingerprint density at radius 1 is 1.28 bits per heavy atom. The maximum absolute atomic E-state index is 11.7. The monoisotopic (exact) mass is 249 g/mol. The third-order valence-electron chi connectivity index (χ3n) is 2.97. The maximum atomic E-state index is 11.7. The lowest BCUT2D eigenvalue weighted by Crippen LogP contribution is -2.30. The molecule has 0 fully saturated rings. The number of ether oxygens (including phenoxy) is 1. The molecule has 0 aliphatic heterocycles. The van der Waals surface area contributed by atoms with Crippen LogP contribution in [0.1, 0.15) is 38.2 Å². The summed E-state index contributed by atoms with van der Waals surface area (Å²) < 4.78 is 4.84. The molecule has 1 atom stereocenters. The quantitative estimate of drug-likeness (QED) is 0.593. The number of esters is 1. The van der Waals surface area contributed by atoms with Gasteiger partial charge < -0.3 is 10.1 Å². The molecule has 0 aliphatic rings. The first-order valence-corrected chi connectivity index (χ1v) is 6.58. The Hall–Kier alpha value is -1.51. The summed E-state index contributed by atoms with van der Waals surface area (Å²) in [5, 5.41) is 3.24. The van der Waals surface area contributed by atoms with Gasteiger partial charge in [0.25, 0.3) is 0 Å². The van der Waals surface area contributed by atoms with Crippen molar-refractivity contribution >= 4 is 11.7 Å². The first-order chi connectivity index (χ1) is 8.67. The molecule has 0 spiro atoms.